The molecule has 1 unspecified atom stereocenters. The van der Waals surface area contributed by atoms with Gasteiger partial charge in [-0.15, -0.1) is 35.3 Å². The summed E-state index contributed by atoms with van der Waals surface area (Å²) in [5, 5.41) is 9.89. The van der Waals surface area contributed by atoms with Gasteiger partial charge in [-0.25, -0.2) is 0 Å². The first-order chi connectivity index (χ1) is 14.7. The maximum atomic E-state index is 12.3. The molecule has 2 N–H and O–H groups in total. The summed E-state index contributed by atoms with van der Waals surface area (Å²) in [6.45, 7) is 5.19. The number of amides is 1. The van der Waals surface area contributed by atoms with E-state index < -0.39 is 0 Å². The third-order valence-electron chi connectivity index (χ3n) is 5.48. The molecule has 3 heterocycles. The smallest absolute Gasteiger partial charge is 0.253 e. The van der Waals surface area contributed by atoms with Crippen LogP contribution in [0.1, 0.15) is 18.4 Å². The molecule has 2 fully saturated rings. The number of aliphatic imine (C=N–C) groups is 1. The number of hydrogen-bond donors (Lipinski definition) is 2. The number of guanidine groups is 1. The Labute approximate surface area is 204 Å². The minimum atomic E-state index is -0.321. The van der Waals surface area contributed by atoms with Gasteiger partial charge in [-0.05, 0) is 48.1 Å². The molecule has 1 atom stereocenters. The topological polar surface area (TPSA) is 69.2 Å². The number of benzene rings is 1. The highest BCUT2D eigenvalue weighted by Crippen LogP contribution is 2.22. The van der Waals surface area contributed by atoms with E-state index in [1.807, 2.05) is 25.2 Å². The van der Waals surface area contributed by atoms with E-state index in [0.29, 0.717) is 13.2 Å². The molecule has 168 valence electrons. The Balaban J connectivity index is 0.00000272. The zero-order chi connectivity index (χ0) is 20.8. The Kier molecular flexibility index (Phi) is 8.97. The average molecular weight is 555 g/mol. The van der Waals surface area contributed by atoms with Crippen molar-refractivity contribution in [3.63, 3.8) is 0 Å². The van der Waals surface area contributed by atoms with Crippen LogP contribution in [-0.2, 0) is 16.1 Å². The molecule has 1 aromatic carbocycles. The van der Waals surface area contributed by atoms with E-state index in [9.17, 15) is 4.79 Å². The van der Waals surface area contributed by atoms with Crippen LogP contribution in [0.25, 0.3) is 0 Å². The summed E-state index contributed by atoms with van der Waals surface area (Å²) in [6, 6.07) is 12.2. The number of thiophene rings is 1. The van der Waals surface area contributed by atoms with Gasteiger partial charge in [0.25, 0.3) is 5.91 Å². The minimum Gasteiger partial charge on any atom is -0.368 e. The summed E-state index contributed by atoms with van der Waals surface area (Å²) in [6.07, 6.45) is 1.42. The fraction of sp³-hybridized carbons (Fsp3) is 0.455. The molecule has 0 spiro atoms. The summed E-state index contributed by atoms with van der Waals surface area (Å²) in [4.78, 5) is 21.5. The van der Waals surface area contributed by atoms with Crippen molar-refractivity contribution in [2.75, 3.05) is 50.1 Å². The van der Waals surface area contributed by atoms with E-state index in [1.165, 1.54) is 5.00 Å². The van der Waals surface area contributed by atoms with Gasteiger partial charge < -0.3 is 25.2 Å². The van der Waals surface area contributed by atoms with Gasteiger partial charge in [0, 0.05) is 52.1 Å². The van der Waals surface area contributed by atoms with Crippen LogP contribution in [0.2, 0.25) is 0 Å². The van der Waals surface area contributed by atoms with E-state index in [4.69, 9.17) is 4.74 Å². The summed E-state index contributed by atoms with van der Waals surface area (Å²) in [5.74, 6) is 0.853. The number of nitrogens with zero attached hydrogens (tertiary/aromatic N) is 3. The van der Waals surface area contributed by atoms with Gasteiger partial charge in [0.2, 0.25) is 0 Å². The fourth-order valence-electron chi connectivity index (χ4n) is 3.87. The molecular weight excluding hydrogens is 525 g/mol. The average Bonchev–Trinajstić information content (AvgIpc) is 3.49. The van der Waals surface area contributed by atoms with E-state index >= 15 is 0 Å². The predicted molar refractivity (Wildman–Crippen MR) is 138 cm³/mol. The van der Waals surface area contributed by atoms with Crippen molar-refractivity contribution in [1.29, 1.82) is 0 Å². The molecule has 0 saturated carbocycles. The van der Waals surface area contributed by atoms with E-state index in [-0.39, 0.29) is 36.0 Å². The Morgan fingerprint density at radius 1 is 1.23 bits per heavy atom. The first kappa shape index (κ1) is 23.8. The fourth-order valence-corrected chi connectivity index (χ4v) is 4.65. The van der Waals surface area contributed by atoms with Crippen molar-refractivity contribution < 1.29 is 9.53 Å². The molecule has 2 saturated heterocycles. The van der Waals surface area contributed by atoms with Crippen molar-refractivity contribution in [2.24, 2.45) is 4.99 Å². The van der Waals surface area contributed by atoms with Crippen LogP contribution < -0.4 is 15.5 Å². The Morgan fingerprint density at radius 3 is 2.74 bits per heavy atom. The molecule has 7 nitrogen and oxygen atoms in total. The maximum absolute atomic E-state index is 12.3. The number of ether oxygens (including phenoxy) is 1. The maximum Gasteiger partial charge on any atom is 0.253 e. The predicted octanol–water partition coefficient (Wildman–Crippen LogP) is 3.38. The lowest BCUT2D eigenvalue weighted by molar-refractivity contribution is -0.124. The second-order valence-corrected chi connectivity index (χ2v) is 8.44. The monoisotopic (exact) mass is 555 g/mol. The SMILES string of the molecule is CN=C(NCc1cccc(NC(=O)C2CCCO2)c1)N1CCN(c2cccs2)CC1.I. The summed E-state index contributed by atoms with van der Waals surface area (Å²) in [7, 11) is 1.83. The highest BCUT2D eigenvalue weighted by Gasteiger charge is 2.23. The lowest BCUT2D eigenvalue weighted by Crippen LogP contribution is -2.52. The van der Waals surface area contributed by atoms with E-state index in [1.54, 1.807) is 11.3 Å². The van der Waals surface area contributed by atoms with Crippen LogP contribution in [0.5, 0.6) is 0 Å². The molecule has 31 heavy (non-hydrogen) atoms. The number of rotatable bonds is 5. The quantitative estimate of drug-likeness (QED) is 0.337. The van der Waals surface area contributed by atoms with Gasteiger partial charge in [0.05, 0.1) is 5.00 Å². The standard InChI is InChI=1S/C22H29N5O2S.HI/c1-23-22(27-11-9-26(10-12-27)20-8-4-14-30-20)24-16-17-5-2-6-18(15-17)25-21(28)19-7-3-13-29-19;/h2,4-6,8,14-15,19H,3,7,9-13,16H2,1H3,(H,23,24)(H,25,28);1H. The zero-order valence-electron chi connectivity index (χ0n) is 17.8. The molecule has 2 aliphatic rings. The van der Waals surface area contributed by atoms with Crippen molar-refractivity contribution >= 4 is 57.9 Å². The molecule has 1 aromatic heterocycles. The second-order valence-electron chi connectivity index (χ2n) is 7.52. The number of carbonyl (C=O) groups is 1. The molecule has 9 heteroatoms. The van der Waals surface area contributed by atoms with Crippen LogP contribution >= 0.6 is 35.3 Å². The van der Waals surface area contributed by atoms with Crippen LogP contribution in [0, 0.1) is 0 Å². The van der Waals surface area contributed by atoms with Gasteiger partial charge in [0.15, 0.2) is 5.96 Å². The zero-order valence-corrected chi connectivity index (χ0v) is 20.9. The van der Waals surface area contributed by atoms with E-state index in [0.717, 1.165) is 56.2 Å². The molecule has 2 aliphatic heterocycles. The lowest BCUT2D eigenvalue weighted by atomic mass is 10.2. The highest BCUT2D eigenvalue weighted by molar-refractivity contribution is 14.0. The number of halogens is 1. The van der Waals surface area contributed by atoms with Crippen LogP contribution in [0.4, 0.5) is 10.7 Å². The molecule has 0 aliphatic carbocycles. The normalized spacial score (nSPS) is 19.1. The summed E-state index contributed by atoms with van der Waals surface area (Å²) >= 11 is 1.79. The van der Waals surface area contributed by atoms with Crippen molar-refractivity contribution in [3.8, 4) is 0 Å². The minimum absolute atomic E-state index is 0. The van der Waals surface area contributed by atoms with Crippen molar-refractivity contribution in [2.45, 2.75) is 25.5 Å². The number of anilines is 2. The summed E-state index contributed by atoms with van der Waals surface area (Å²) < 4.78 is 5.46. The van der Waals surface area contributed by atoms with Crippen molar-refractivity contribution in [3.05, 3.63) is 47.3 Å². The molecule has 2 aromatic rings. The molecular formula is C22H30IN5O2S. The molecule has 4 rings (SSSR count). The van der Waals surface area contributed by atoms with Gasteiger partial charge in [0.1, 0.15) is 6.10 Å². The first-order valence-corrected chi connectivity index (χ1v) is 11.4. The Bertz CT molecular complexity index is 863. The Morgan fingerprint density at radius 2 is 2.06 bits per heavy atom. The summed E-state index contributed by atoms with van der Waals surface area (Å²) in [5.41, 5.74) is 1.90. The van der Waals surface area contributed by atoms with Crippen LogP contribution in [0.3, 0.4) is 0 Å². The van der Waals surface area contributed by atoms with E-state index in [2.05, 4.69) is 49.0 Å². The van der Waals surface area contributed by atoms with Gasteiger partial charge in [-0.1, -0.05) is 12.1 Å². The number of nitrogens with one attached hydrogen (secondary N) is 2. The molecule has 1 amide bonds. The number of piperazine rings is 1. The third-order valence-corrected chi connectivity index (χ3v) is 6.41. The number of carbonyl (C=O) groups excluding carboxylic acids is 1. The second kappa shape index (κ2) is 11.7. The highest BCUT2D eigenvalue weighted by atomic mass is 127. The third kappa shape index (κ3) is 6.33. The van der Waals surface area contributed by atoms with Gasteiger partial charge >= 0.3 is 0 Å². The van der Waals surface area contributed by atoms with Crippen LogP contribution in [0.15, 0.2) is 46.8 Å². The molecule has 0 bridgehead atoms. The van der Waals surface area contributed by atoms with Gasteiger partial charge in [-0.2, -0.15) is 0 Å². The largest absolute Gasteiger partial charge is 0.368 e. The first-order valence-electron chi connectivity index (χ1n) is 10.5. The van der Waals surface area contributed by atoms with Gasteiger partial charge in [-0.3, -0.25) is 9.79 Å². The van der Waals surface area contributed by atoms with Crippen LogP contribution in [-0.4, -0.2) is 62.7 Å². The molecule has 0 radical (unpaired) electrons. The Hall–Kier alpha value is -1.85. The lowest BCUT2D eigenvalue weighted by Gasteiger charge is -2.37. The number of hydrogen-bond acceptors (Lipinski definition) is 5. The van der Waals surface area contributed by atoms with Crippen molar-refractivity contribution in [1.82, 2.24) is 10.2 Å².